The van der Waals surface area contributed by atoms with Crippen molar-refractivity contribution in [3.63, 3.8) is 0 Å². The van der Waals surface area contributed by atoms with Crippen molar-refractivity contribution in [1.29, 1.82) is 0 Å². The van der Waals surface area contributed by atoms with E-state index in [9.17, 15) is 5.11 Å². The Morgan fingerprint density at radius 2 is 1.91 bits per heavy atom. The summed E-state index contributed by atoms with van der Waals surface area (Å²) < 4.78 is 0. The third-order valence-electron chi connectivity index (χ3n) is 4.31. The van der Waals surface area contributed by atoms with Gasteiger partial charge in [0, 0.05) is 0 Å². The summed E-state index contributed by atoms with van der Waals surface area (Å²) >= 11 is 0. The quantitative estimate of drug-likeness (QED) is 0.566. The van der Waals surface area contributed by atoms with E-state index in [0.717, 1.165) is 18.3 Å². The molecule has 0 aliphatic heterocycles. The zero-order valence-corrected chi connectivity index (χ0v) is 7.67. The summed E-state index contributed by atoms with van der Waals surface area (Å²) in [5.74, 6) is 2.13. The van der Waals surface area contributed by atoms with Gasteiger partial charge in [-0.2, -0.15) is 0 Å². The Bertz CT molecular complexity index is 174. The molecule has 0 heterocycles. The van der Waals surface area contributed by atoms with Crippen LogP contribution in [0.15, 0.2) is 0 Å². The fourth-order valence-electron chi connectivity index (χ4n) is 3.12. The highest BCUT2D eigenvalue weighted by molar-refractivity contribution is 5.04. The molecule has 0 amide bonds. The highest BCUT2D eigenvalue weighted by atomic mass is 16.3. The summed E-state index contributed by atoms with van der Waals surface area (Å²) in [5, 5.41) is 9.61. The van der Waals surface area contributed by atoms with Gasteiger partial charge in [0.1, 0.15) is 0 Å². The van der Waals surface area contributed by atoms with E-state index in [1.807, 2.05) is 0 Å². The van der Waals surface area contributed by atoms with Gasteiger partial charge in [-0.3, -0.25) is 0 Å². The third kappa shape index (κ3) is 0.807. The molecule has 0 aromatic rings. The Kier molecular flexibility index (Phi) is 1.39. The molecule has 1 N–H and O–H groups in total. The third-order valence-corrected chi connectivity index (χ3v) is 4.31. The number of fused-ring (bicyclic) bond motifs is 2. The lowest BCUT2D eigenvalue weighted by atomic mass is 9.45. The van der Waals surface area contributed by atoms with Crippen LogP contribution in [0.5, 0.6) is 0 Å². The second kappa shape index (κ2) is 2.01. The summed E-state index contributed by atoms with van der Waals surface area (Å²) in [7, 11) is 0. The lowest BCUT2D eigenvalue weighted by Gasteiger charge is -2.61. The van der Waals surface area contributed by atoms with Gasteiger partial charge in [0.15, 0.2) is 0 Å². The molecular weight excluding hydrogens is 136 g/mol. The average molecular weight is 154 g/mol. The van der Waals surface area contributed by atoms with E-state index in [0.29, 0.717) is 11.3 Å². The van der Waals surface area contributed by atoms with Gasteiger partial charge in [0.2, 0.25) is 0 Å². The number of aliphatic hydroxyl groups excluding tert-OH is 1. The molecule has 3 fully saturated rings. The van der Waals surface area contributed by atoms with Gasteiger partial charge in [0.05, 0.1) is 6.10 Å². The molecule has 0 unspecified atom stereocenters. The summed E-state index contributed by atoms with van der Waals surface area (Å²) in [4.78, 5) is 0. The van der Waals surface area contributed by atoms with Crippen molar-refractivity contribution < 1.29 is 5.11 Å². The Balaban J connectivity index is 2.17. The smallest absolute Gasteiger partial charge is 0.0571 e. The Morgan fingerprint density at radius 1 is 1.27 bits per heavy atom. The fraction of sp³-hybridized carbons (Fsp3) is 1.00. The van der Waals surface area contributed by atoms with E-state index < -0.39 is 0 Å². The molecule has 64 valence electrons. The zero-order chi connectivity index (χ0) is 8.22. The van der Waals surface area contributed by atoms with Crippen molar-refractivity contribution in [2.45, 2.75) is 39.7 Å². The van der Waals surface area contributed by atoms with Crippen LogP contribution in [0.3, 0.4) is 0 Å². The number of hydrogen-bond acceptors (Lipinski definition) is 1. The largest absolute Gasteiger partial charge is 0.393 e. The van der Waals surface area contributed by atoms with E-state index in [1.165, 1.54) is 6.42 Å². The summed E-state index contributed by atoms with van der Waals surface area (Å²) in [5.41, 5.74) is 0.526. The fourth-order valence-corrected chi connectivity index (χ4v) is 3.12. The Morgan fingerprint density at radius 3 is 2.27 bits per heavy atom. The maximum atomic E-state index is 9.61. The van der Waals surface area contributed by atoms with E-state index in [4.69, 9.17) is 0 Å². The van der Waals surface area contributed by atoms with Gasteiger partial charge in [-0.15, -0.1) is 0 Å². The highest BCUT2D eigenvalue weighted by Gasteiger charge is 2.55. The first-order valence-electron chi connectivity index (χ1n) is 4.71. The van der Waals surface area contributed by atoms with Crippen LogP contribution >= 0.6 is 0 Å². The van der Waals surface area contributed by atoms with Crippen molar-refractivity contribution in [1.82, 2.24) is 0 Å². The highest BCUT2D eigenvalue weighted by Crippen LogP contribution is 2.61. The van der Waals surface area contributed by atoms with E-state index in [2.05, 4.69) is 20.8 Å². The SMILES string of the molecule is C[C@@H]1[C@H](O)C[C@H]2C[C@@H]1C2(C)C. The van der Waals surface area contributed by atoms with E-state index in [-0.39, 0.29) is 6.10 Å². The van der Waals surface area contributed by atoms with Crippen molar-refractivity contribution >= 4 is 0 Å². The van der Waals surface area contributed by atoms with Crippen LogP contribution in [-0.4, -0.2) is 11.2 Å². The lowest BCUT2D eigenvalue weighted by Crippen LogP contribution is -2.56. The lowest BCUT2D eigenvalue weighted by molar-refractivity contribution is -0.154. The van der Waals surface area contributed by atoms with Crippen LogP contribution in [0, 0.1) is 23.2 Å². The van der Waals surface area contributed by atoms with Gasteiger partial charge in [-0.05, 0) is 36.0 Å². The zero-order valence-electron chi connectivity index (χ0n) is 7.67. The van der Waals surface area contributed by atoms with Crippen molar-refractivity contribution in [2.75, 3.05) is 0 Å². The average Bonchev–Trinajstić information content (AvgIpc) is 1.93. The molecule has 2 bridgehead atoms. The number of rotatable bonds is 0. The molecule has 3 saturated carbocycles. The second-order valence-electron chi connectivity index (χ2n) is 5.02. The van der Waals surface area contributed by atoms with Crippen LogP contribution in [0.25, 0.3) is 0 Å². The molecule has 1 heteroatoms. The molecular formula is C10H18O. The first-order valence-corrected chi connectivity index (χ1v) is 4.71. The molecule has 1 nitrogen and oxygen atoms in total. The molecule has 0 spiro atoms. The van der Waals surface area contributed by atoms with Crippen LogP contribution in [0.2, 0.25) is 0 Å². The maximum absolute atomic E-state index is 9.61. The van der Waals surface area contributed by atoms with Gasteiger partial charge in [-0.1, -0.05) is 20.8 Å². The molecule has 0 aromatic carbocycles. The Hall–Kier alpha value is -0.0400. The molecule has 3 rings (SSSR count). The van der Waals surface area contributed by atoms with Crippen molar-refractivity contribution in [2.24, 2.45) is 23.2 Å². The van der Waals surface area contributed by atoms with Crippen molar-refractivity contribution in [3.05, 3.63) is 0 Å². The molecule has 3 aliphatic carbocycles. The topological polar surface area (TPSA) is 20.2 Å². The van der Waals surface area contributed by atoms with Crippen LogP contribution < -0.4 is 0 Å². The maximum Gasteiger partial charge on any atom is 0.0571 e. The minimum Gasteiger partial charge on any atom is -0.393 e. The second-order valence-corrected chi connectivity index (χ2v) is 5.02. The number of aliphatic hydroxyl groups is 1. The van der Waals surface area contributed by atoms with Crippen LogP contribution in [0.4, 0.5) is 0 Å². The van der Waals surface area contributed by atoms with Crippen LogP contribution in [0.1, 0.15) is 33.6 Å². The molecule has 3 aliphatic rings. The molecule has 4 atom stereocenters. The monoisotopic (exact) mass is 154 g/mol. The van der Waals surface area contributed by atoms with E-state index >= 15 is 0 Å². The van der Waals surface area contributed by atoms with Crippen molar-refractivity contribution in [3.8, 4) is 0 Å². The minimum atomic E-state index is -0.00762. The predicted molar refractivity (Wildman–Crippen MR) is 45.2 cm³/mol. The van der Waals surface area contributed by atoms with E-state index in [1.54, 1.807) is 0 Å². The predicted octanol–water partition coefficient (Wildman–Crippen LogP) is 2.05. The van der Waals surface area contributed by atoms with Gasteiger partial charge >= 0.3 is 0 Å². The first kappa shape index (κ1) is 7.60. The Labute approximate surface area is 68.8 Å². The normalized spacial score (nSPS) is 53.5. The molecule has 0 radical (unpaired) electrons. The minimum absolute atomic E-state index is 0.00762. The van der Waals surface area contributed by atoms with Gasteiger partial charge in [0.25, 0.3) is 0 Å². The van der Waals surface area contributed by atoms with Gasteiger partial charge < -0.3 is 5.11 Å². The summed E-state index contributed by atoms with van der Waals surface area (Å²) in [6.07, 6.45) is 2.40. The molecule has 0 saturated heterocycles. The summed E-state index contributed by atoms with van der Waals surface area (Å²) in [6.45, 7) is 6.91. The van der Waals surface area contributed by atoms with Gasteiger partial charge in [-0.25, -0.2) is 0 Å². The molecule has 11 heavy (non-hydrogen) atoms. The number of hydrogen-bond donors (Lipinski definition) is 1. The van der Waals surface area contributed by atoms with Crippen LogP contribution in [-0.2, 0) is 0 Å². The summed E-state index contributed by atoms with van der Waals surface area (Å²) in [6, 6.07) is 0. The molecule has 0 aromatic heterocycles. The standard InChI is InChI=1S/C10H18O/c1-6-8-4-7(5-9(6)11)10(8,2)3/h6-9,11H,4-5H2,1-3H3/t6-,7+,8-,9+/m0/s1. The first-order chi connectivity index (χ1) is 5.03.